The first-order valence-corrected chi connectivity index (χ1v) is 13.8. The van der Waals surface area contributed by atoms with Crippen LogP contribution >= 0.6 is 0 Å². The van der Waals surface area contributed by atoms with Crippen molar-refractivity contribution in [1.29, 1.82) is 0 Å². The van der Waals surface area contributed by atoms with Crippen molar-refractivity contribution in [3.05, 3.63) is 83.7 Å². The predicted molar refractivity (Wildman–Crippen MR) is 147 cm³/mol. The molecule has 7 nitrogen and oxygen atoms in total. The minimum Gasteiger partial charge on any atom is -0.495 e. The van der Waals surface area contributed by atoms with Crippen LogP contribution in [0.25, 0.3) is 0 Å². The molecule has 1 saturated heterocycles. The summed E-state index contributed by atoms with van der Waals surface area (Å²) < 4.78 is 48.2. The summed E-state index contributed by atoms with van der Waals surface area (Å²) in [4.78, 5) is 6.70. The molecule has 9 heteroatoms. The summed E-state index contributed by atoms with van der Waals surface area (Å²) in [5, 5.41) is 0. The highest BCUT2D eigenvalue weighted by atomic mass is 32.2. The Bertz CT molecular complexity index is 1290. The van der Waals surface area contributed by atoms with Crippen molar-refractivity contribution >= 4 is 21.4 Å². The number of anilines is 2. The summed E-state index contributed by atoms with van der Waals surface area (Å²) in [6, 6.07) is 19.8. The Morgan fingerprint density at radius 1 is 0.973 bits per heavy atom. The summed E-state index contributed by atoms with van der Waals surface area (Å²) in [6.07, 6.45) is 0. The van der Waals surface area contributed by atoms with Gasteiger partial charge in [0.2, 0.25) is 10.0 Å². The van der Waals surface area contributed by atoms with Gasteiger partial charge < -0.3 is 14.5 Å². The third-order valence-corrected chi connectivity index (χ3v) is 8.26. The van der Waals surface area contributed by atoms with Gasteiger partial charge in [0.05, 0.1) is 7.11 Å². The Hall–Kier alpha value is -3.14. The number of hydrogen-bond acceptors (Lipinski definition) is 6. The van der Waals surface area contributed by atoms with Gasteiger partial charge in [0.15, 0.2) is 0 Å². The minimum absolute atomic E-state index is 0.137. The van der Waals surface area contributed by atoms with Gasteiger partial charge in [0.25, 0.3) is 0 Å². The molecule has 3 aromatic carbocycles. The lowest BCUT2D eigenvalue weighted by molar-refractivity contribution is 0.187. The summed E-state index contributed by atoms with van der Waals surface area (Å²) in [6.45, 7) is 5.08. The molecule has 1 N–H and O–H groups in total. The smallest absolute Gasteiger partial charge is 0.244 e. The normalized spacial score (nSPS) is 15.4. The van der Waals surface area contributed by atoms with Gasteiger partial charge in [-0.1, -0.05) is 18.2 Å². The van der Waals surface area contributed by atoms with E-state index in [0.717, 1.165) is 48.7 Å². The molecule has 1 fully saturated rings. The zero-order valence-corrected chi connectivity index (χ0v) is 22.6. The lowest BCUT2D eigenvalue weighted by atomic mass is 10.0. The van der Waals surface area contributed by atoms with Crippen LogP contribution in [0.4, 0.5) is 15.8 Å². The molecule has 0 spiro atoms. The number of methoxy groups -OCH3 is 1. The highest BCUT2D eigenvalue weighted by Gasteiger charge is 2.28. The van der Waals surface area contributed by atoms with Gasteiger partial charge >= 0.3 is 0 Å². The Morgan fingerprint density at radius 3 is 2.22 bits per heavy atom. The topological polar surface area (TPSA) is 65.1 Å². The van der Waals surface area contributed by atoms with Crippen LogP contribution in [0.2, 0.25) is 0 Å². The van der Waals surface area contributed by atoms with Crippen LogP contribution in [-0.4, -0.2) is 67.2 Å². The average molecular weight is 527 g/mol. The van der Waals surface area contributed by atoms with Gasteiger partial charge in [-0.2, -0.15) is 0 Å². The molecule has 1 unspecified atom stereocenters. The maximum Gasteiger partial charge on any atom is 0.244 e. The number of piperazine rings is 1. The second-order valence-corrected chi connectivity index (χ2v) is 11.2. The van der Waals surface area contributed by atoms with E-state index >= 15 is 0 Å². The molecule has 1 heterocycles. The molecule has 0 saturated carbocycles. The summed E-state index contributed by atoms with van der Waals surface area (Å²) >= 11 is 0. The Morgan fingerprint density at radius 2 is 1.62 bits per heavy atom. The van der Waals surface area contributed by atoms with Crippen LogP contribution in [0.1, 0.15) is 17.2 Å². The lowest BCUT2D eigenvalue weighted by Crippen LogP contribution is -2.50. The number of hydrogen-bond donors (Lipinski definition) is 1. The number of ether oxygens (including phenoxy) is 1. The summed E-state index contributed by atoms with van der Waals surface area (Å²) in [5.41, 5.74) is 3.95. The minimum atomic E-state index is -3.80. The molecule has 37 heavy (non-hydrogen) atoms. The van der Waals surface area contributed by atoms with Gasteiger partial charge in [0, 0.05) is 64.2 Å². The highest BCUT2D eigenvalue weighted by Crippen LogP contribution is 2.28. The second kappa shape index (κ2) is 11.5. The molecule has 4 rings (SSSR count). The van der Waals surface area contributed by atoms with Gasteiger partial charge in [-0.25, -0.2) is 17.5 Å². The zero-order chi connectivity index (χ0) is 26.6. The Labute approximate surface area is 219 Å². The van der Waals surface area contributed by atoms with Gasteiger partial charge in [-0.15, -0.1) is 0 Å². The van der Waals surface area contributed by atoms with Crippen LogP contribution in [0.5, 0.6) is 5.75 Å². The molecule has 1 aliphatic heterocycles. The summed E-state index contributed by atoms with van der Waals surface area (Å²) in [5.74, 6) is 0.0686. The van der Waals surface area contributed by atoms with Crippen LogP contribution in [0.15, 0.2) is 71.6 Å². The van der Waals surface area contributed by atoms with Crippen molar-refractivity contribution in [3.63, 3.8) is 0 Å². The quantitative estimate of drug-likeness (QED) is 0.454. The first-order valence-electron chi connectivity index (χ1n) is 12.3. The zero-order valence-electron chi connectivity index (χ0n) is 21.8. The van der Waals surface area contributed by atoms with Crippen molar-refractivity contribution in [2.24, 2.45) is 0 Å². The monoisotopic (exact) mass is 526 g/mol. The van der Waals surface area contributed by atoms with Crippen molar-refractivity contribution in [2.45, 2.75) is 17.9 Å². The standard InChI is InChI=1S/C28H35FN4O3S/c1-21-5-14-27(36-4)28(19-21)37(34,35)30-20-26(22-6-10-24(11-7-22)31(2)3)33-17-15-32(16-18-33)25-12-8-23(29)9-13-25/h5-14,19,26,30H,15-18,20H2,1-4H3. The number of nitrogens with zero attached hydrogens (tertiary/aromatic N) is 3. The average Bonchev–Trinajstić information content (AvgIpc) is 2.90. The van der Waals surface area contributed by atoms with Crippen molar-refractivity contribution < 1.29 is 17.5 Å². The van der Waals surface area contributed by atoms with E-state index in [2.05, 4.69) is 38.8 Å². The number of benzene rings is 3. The van der Waals surface area contributed by atoms with Crippen molar-refractivity contribution in [1.82, 2.24) is 9.62 Å². The maximum absolute atomic E-state index is 13.4. The van der Waals surface area contributed by atoms with E-state index in [-0.39, 0.29) is 23.3 Å². The molecule has 1 atom stereocenters. The molecule has 0 amide bonds. The second-order valence-electron chi connectivity index (χ2n) is 9.51. The van der Waals surface area contributed by atoms with E-state index in [1.807, 2.05) is 32.0 Å². The predicted octanol–water partition coefficient (Wildman–Crippen LogP) is 4.05. The SMILES string of the molecule is COc1ccc(C)cc1S(=O)(=O)NCC(c1ccc(N(C)C)cc1)N1CCN(c2ccc(F)cc2)CC1. The van der Waals surface area contributed by atoms with Crippen LogP contribution in [-0.2, 0) is 10.0 Å². The summed E-state index contributed by atoms with van der Waals surface area (Å²) in [7, 11) is 1.65. The Balaban J connectivity index is 1.55. The van der Waals surface area contributed by atoms with E-state index in [0.29, 0.717) is 5.75 Å². The van der Waals surface area contributed by atoms with E-state index in [4.69, 9.17) is 4.74 Å². The van der Waals surface area contributed by atoms with E-state index in [1.54, 1.807) is 24.3 Å². The fourth-order valence-corrected chi connectivity index (χ4v) is 5.95. The fourth-order valence-electron chi connectivity index (χ4n) is 4.66. The number of halogens is 1. The van der Waals surface area contributed by atoms with Crippen LogP contribution < -0.4 is 19.3 Å². The van der Waals surface area contributed by atoms with E-state index in [9.17, 15) is 12.8 Å². The third kappa shape index (κ3) is 6.41. The molecule has 3 aromatic rings. The molecule has 0 aromatic heterocycles. The van der Waals surface area contributed by atoms with Gasteiger partial charge in [-0.05, 0) is 66.6 Å². The number of aryl methyl sites for hydroxylation is 1. The van der Waals surface area contributed by atoms with Gasteiger partial charge in [0.1, 0.15) is 16.5 Å². The third-order valence-electron chi connectivity index (χ3n) is 6.82. The fraction of sp³-hybridized carbons (Fsp3) is 0.357. The first-order chi connectivity index (χ1) is 17.7. The molecule has 1 aliphatic rings. The molecular formula is C28H35FN4O3S. The number of rotatable bonds is 9. The van der Waals surface area contributed by atoms with Gasteiger partial charge in [-0.3, -0.25) is 4.90 Å². The van der Waals surface area contributed by atoms with E-state index < -0.39 is 10.0 Å². The molecular weight excluding hydrogens is 491 g/mol. The molecule has 0 aliphatic carbocycles. The van der Waals surface area contributed by atoms with Crippen LogP contribution in [0.3, 0.4) is 0 Å². The Kier molecular flexibility index (Phi) is 8.36. The maximum atomic E-state index is 13.4. The lowest BCUT2D eigenvalue weighted by Gasteiger charge is -2.40. The number of sulfonamides is 1. The highest BCUT2D eigenvalue weighted by molar-refractivity contribution is 7.89. The van der Waals surface area contributed by atoms with Crippen LogP contribution in [0, 0.1) is 12.7 Å². The molecule has 0 radical (unpaired) electrons. The van der Waals surface area contributed by atoms with Crippen molar-refractivity contribution in [2.75, 3.05) is 63.7 Å². The van der Waals surface area contributed by atoms with Crippen molar-refractivity contribution in [3.8, 4) is 5.75 Å². The number of nitrogens with one attached hydrogen (secondary N) is 1. The molecule has 198 valence electrons. The largest absolute Gasteiger partial charge is 0.495 e. The van der Waals surface area contributed by atoms with E-state index in [1.165, 1.54) is 19.2 Å². The first kappa shape index (κ1) is 26.9. The molecule has 0 bridgehead atoms.